The predicted octanol–water partition coefficient (Wildman–Crippen LogP) is 6.48. The van der Waals surface area contributed by atoms with Gasteiger partial charge in [-0.15, -0.1) is 0 Å². The van der Waals surface area contributed by atoms with Crippen molar-refractivity contribution in [2.24, 2.45) is 0 Å². The monoisotopic (exact) mass is 496 g/mol. The van der Waals surface area contributed by atoms with E-state index in [0.717, 1.165) is 40.3 Å². The topological polar surface area (TPSA) is 63.4 Å². The fourth-order valence-corrected chi connectivity index (χ4v) is 4.77. The molecule has 0 amide bonds. The molecule has 1 aromatic heterocycles. The van der Waals surface area contributed by atoms with Crippen molar-refractivity contribution in [3.05, 3.63) is 101 Å². The molecule has 5 rings (SSSR count). The number of hydrogen-bond donors (Lipinski definition) is 1. The van der Waals surface area contributed by atoms with Crippen molar-refractivity contribution in [2.75, 3.05) is 12.0 Å². The van der Waals surface area contributed by atoms with E-state index >= 15 is 0 Å². The molecule has 1 unspecified atom stereocenters. The molecule has 1 aliphatic rings. The Labute approximate surface area is 216 Å². The third kappa shape index (κ3) is 4.50. The number of nitrogens with zero attached hydrogens (tertiary/aromatic N) is 3. The Morgan fingerprint density at radius 1 is 0.972 bits per heavy atom. The van der Waals surface area contributed by atoms with E-state index in [1.54, 1.807) is 7.11 Å². The number of anilines is 1. The van der Waals surface area contributed by atoms with E-state index in [1.165, 1.54) is 11.1 Å². The zero-order valence-corrected chi connectivity index (χ0v) is 21.6. The quantitative estimate of drug-likeness (QED) is 0.306. The maximum absolute atomic E-state index is 5.86. The molecule has 1 N–H and O–H groups in total. The van der Waals surface area contributed by atoms with Gasteiger partial charge in [0.2, 0.25) is 5.82 Å². The van der Waals surface area contributed by atoms with Crippen molar-refractivity contribution in [1.29, 1.82) is 0 Å². The van der Waals surface area contributed by atoms with Crippen LogP contribution in [0, 0.1) is 6.92 Å². The molecule has 0 aliphatic carbocycles. The van der Waals surface area contributed by atoms with E-state index < -0.39 is 0 Å². The summed E-state index contributed by atoms with van der Waals surface area (Å²) >= 11 is 5.86. The van der Waals surface area contributed by atoms with Gasteiger partial charge in [-0.2, -0.15) is 4.98 Å². The summed E-state index contributed by atoms with van der Waals surface area (Å²) < 4.78 is 11.1. The number of aromatic nitrogens is 2. The number of aryl methyl sites for hydroxylation is 2. The van der Waals surface area contributed by atoms with Gasteiger partial charge >= 0.3 is 0 Å². The highest BCUT2D eigenvalue weighted by molar-refractivity contribution is 7.80. The van der Waals surface area contributed by atoms with Gasteiger partial charge in [-0.3, -0.25) is 4.90 Å². The number of benzene rings is 3. The van der Waals surface area contributed by atoms with Gasteiger partial charge in [0, 0.05) is 16.9 Å². The summed E-state index contributed by atoms with van der Waals surface area (Å²) in [6.07, 6.45) is 0.981. The van der Waals surface area contributed by atoms with Crippen molar-refractivity contribution in [1.82, 2.24) is 15.5 Å². The zero-order valence-electron chi connectivity index (χ0n) is 20.8. The smallest absolute Gasteiger partial charge is 0.258 e. The molecule has 0 fully saturated rings. The van der Waals surface area contributed by atoms with Crippen molar-refractivity contribution in [3.63, 3.8) is 0 Å². The first-order chi connectivity index (χ1) is 17.5. The SMILES string of the molecule is CCc1ccc(N2C(=S)NC(c3ccc(C)cc3)C(c3nc(-c4ccc(OC)cc4)no3)=C2C)cc1. The van der Waals surface area contributed by atoms with Crippen LogP contribution in [0.15, 0.2) is 83.0 Å². The molecular weight excluding hydrogens is 468 g/mol. The third-order valence-electron chi connectivity index (χ3n) is 6.50. The highest BCUT2D eigenvalue weighted by atomic mass is 32.1. The summed E-state index contributed by atoms with van der Waals surface area (Å²) in [6, 6.07) is 24.2. The van der Waals surface area contributed by atoms with E-state index in [1.807, 2.05) is 29.2 Å². The fourth-order valence-electron chi connectivity index (χ4n) is 4.41. The first-order valence-corrected chi connectivity index (χ1v) is 12.3. The lowest BCUT2D eigenvalue weighted by Gasteiger charge is -2.37. The lowest BCUT2D eigenvalue weighted by Crippen LogP contribution is -2.46. The van der Waals surface area contributed by atoms with Crippen LogP contribution in [0.1, 0.15) is 42.5 Å². The minimum absolute atomic E-state index is 0.228. The van der Waals surface area contributed by atoms with Crippen LogP contribution in [-0.2, 0) is 6.42 Å². The van der Waals surface area contributed by atoms with Crippen LogP contribution in [0.2, 0.25) is 0 Å². The molecule has 0 saturated carbocycles. The molecule has 1 atom stereocenters. The average molecular weight is 497 g/mol. The number of ether oxygens (including phenoxy) is 1. The first-order valence-electron chi connectivity index (χ1n) is 11.9. The molecule has 7 heteroatoms. The molecular formula is C29H28N4O2S. The molecule has 0 radical (unpaired) electrons. The molecule has 0 saturated heterocycles. The summed E-state index contributed by atoms with van der Waals surface area (Å²) in [5.41, 5.74) is 7.20. The molecule has 36 heavy (non-hydrogen) atoms. The van der Waals surface area contributed by atoms with Crippen molar-refractivity contribution in [2.45, 2.75) is 33.2 Å². The molecule has 4 aromatic rings. The van der Waals surface area contributed by atoms with Gasteiger partial charge in [0.1, 0.15) is 5.75 Å². The Bertz CT molecular complexity index is 1410. The van der Waals surface area contributed by atoms with Gasteiger partial charge in [-0.25, -0.2) is 0 Å². The van der Waals surface area contributed by atoms with Crippen LogP contribution in [0.5, 0.6) is 5.75 Å². The summed E-state index contributed by atoms with van der Waals surface area (Å²) in [5.74, 6) is 1.74. The minimum Gasteiger partial charge on any atom is -0.497 e. The second-order valence-corrected chi connectivity index (χ2v) is 9.19. The highest BCUT2D eigenvalue weighted by Crippen LogP contribution is 2.39. The van der Waals surface area contributed by atoms with Crippen LogP contribution in [0.3, 0.4) is 0 Å². The zero-order chi connectivity index (χ0) is 25.2. The van der Waals surface area contributed by atoms with E-state index in [9.17, 15) is 0 Å². The Morgan fingerprint density at radius 2 is 1.67 bits per heavy atom. The molecule has 0 spiro atoms. The standard InChI is InChI=1S/C29H28N4O2S/c1-5-20-8-14-23(15-9-20)33-19(3)25(26(30-29(33)36)21-10-6-18(2)7-11-21)28-31-27(32-35-28)22-12-16-24(34-4)17-13-22/h6-17,26H,5H2,1-4H3,(H,30,36). The van der Waals surface area contributed by atoms with Gasteiger partial charge in [-0.05, 0) is 80.0 Å². The lowest BCUT2D eigenvalue weighted by molar-refractivity contribution is 0.404. The summed E-state index contributed by atoms with van der Waals surface area (Å²) in [6.45, 7) is 6.27. The largest absolute Gasteiger partial charge is 0.497 e. The normalized spacial score (nSPS) is 15.7. The maximum Gasteiger partial charge on any atom is 0.258 e. The number of allylic oxidation sites excluding steroid dienone is 1. The van der Waals surface area contributed by atoms with Crippen LogP contribution in [-0.4, -0.2) is 22.4 Å². The van der Waals surface area contributed by atoms with Gasteiger partial charge < -0.3 is 14.6 Å². The Morgan fingerprint density at radius 3 is 2.31 bits per heavy atom. The molecule has 2 heterocycles. The molecule has 1 aliphatic heterocycles. The van der Waals surface area contributed by atoms with Crippen molar-refractivity contribution in [3.8, 4) is 17.1 Å². The summed E-state index contributed by atoms with van der Waals surface area (Å²) in [7, 11) is 1.64. The van der Waals surface area contributed by atoms with Gasteiger partial charge in [0.25, 0.3) is 5.89 Å². The summed E-state index contributed by atoms with van der Waals surface area (Å²) in [5, 5.41) is 8.45. The summed E-state index contributed by atoms with van der Waals surface area (Å²) in [4.78, 5) is 6.83. The van der Waals surface area contributed by atoms with E-state index in [2.05, 4.69) is 79.8 Å². The number of methoxy groups -OCH3 is 1. The lowest BCUT2D eigenvalue weighted by atomic mass is 9.94. The van der Waals surface area contributed by atoms with E-state index in [-0.39, 0.29) is 6.04 Å². The van der Waals surface area contributed by atoms with Crippen molar-refractivity contribution >= 4 is 28.6 Å². The Hall–Kier alpha value is -3.97. The Balaban J connectivity index is 1.61. The maximum atomic E-state index is 5.86. The van der Waals surface area contributed by atoms with Gasteiger partial charge in [-0.1, -0.05) is 54.0 Å². The van der Waals surface area contributed by atoms with Crippen LogP contribution in [0.25, 0.3) is 17.0 Å². The highest BCUT2D eigenvalue weighted by Gasteiger charge is 2.34. The van der Waals surface area contributed by atoms with Gasteiger partial charge in [0.05, 0.1) is 18.7 Å². The number of nitrogens with one attached hydrogen (secondary N) is 1. The molecule has 0 bridgehead atoms. The third-order valence-corrected chi connectivity index (χ3v) is 6.80. The number of hydrogen-bond acceptors (Lipinski definition) is 5. The van der Waals surface area contributed by atoms with E-state index in [4.69, 9.17) is 26.5 Å². The molecule has 182 valence electrons. The second kappa shape index (κ2) is 9.95. The fraction of sp³-hybridized carbons (Fsp3) is 0.207. The average Bonchev–Trinajstić information content (AvgIpc) is 3.39. The second-order valence-electron chi connectivity index (χ2n) is 8.80. The number of rotatable bonds is 6. The van der Waals surface area contributed by atoms with Crippen LogP contribution < -0.4 is 15.0 Å². The number of thiocarbonyl (C=S) groups is 1. The van der Waals surface area contributed by atoms with Crippen molar-refractivity contribution < 1.29 is 9.26 Å². The first kappa shape index (κ1) is 23.8. The van der Waals surface area contributed by atoms with E-state index in [0.29, 0.717) is 16.8 Å². The van der Waals surface area contributed by atoms with Crippen LogP contribution in [0.4, 0.5) is 5.69 Å². The van der Waals surface area contributed by atoms with Crippen LogP contribution >= 0.6 is 12.2 Å². The van der Waals surface area contributed by atoms with Gasteiger partial charge in [0.15, 0.2) is 5.11 Å². The molecule has 6 nitrogen and oxygen atoms in total. The Kier molecular flexibility index (Phi) is 6.57. The predicted molar refractivity (Wildman–Crippen MR) is 147 cm³/mol. The molecule has 3 aromatic carbocycles. The minimum atomic E-state index is -0.228.